The Morgan fingerprint density at radius 1 is 1.15 bits per heavy atom. The molecule has 12 heteroatoms. The van der Waals surface area contributed by atoms with Crippen molar-refractivity contribution in [2.24, 2.45) is 4.99 Å². The number of aromatic nitrogens is 1. The van der Waals surface area contributed by atoms with E-state index >= 15 is 0 Å². The van der Waals surface area contributed by atoms with Crippen LogP contribution in [0.3, 0.4) is 0 Å². The third kappa shape index (κ3) is 5.57. The summed E-state index contributed by atoms with van der Waals surface area (Å²) in [6, 6.07) is 4.67. The number of hydrogen-bond acceptors (Lipinski definition) is 6. The van der Waals surface area contributed by atoms with Gasteiger partial charge in [-0.2, -0.15) is 0 Å². The van der Waals surface area contributed by atoms with Crippen LogP contribution in [0.25, 0.3) is 0 Å². The fourth-order valence-electron chi connectivity index (χ4n) is 1.83. The van der Waals surface area contributed by atoms with Gasteiger partial charge in [-0.05, 0) is 12.1 Å². The summed E-state index contributed by atoms with van der Waals surface area (Å²) >= 11 is 24.6. The molecule has 0 saturated carbocycles. The van der Waals surface area contributed by atoms with E-state index in [1.54, 1.807) is 6.07 Å². The standard InChI is InChI=1S/C15H9Cl4N3O4S/c16-7-2-1-3-8(17)6(7)4-20-10(13(23)24)11(14(25)26)21-5-9-12(18)22-15(19)27-9/h1-4,21H,5H2,(H,23,24)(H,25,26)/b11-10+,20-4?. The number of nitrogens with zero attached hydrogens (tertiary/aromatic N) is 2. The smallest absolute Gasteiger partial charge is 0.356 e. The number of hydrogen-bond donors (Lipinski definition) is 3. The van der Waals surface area contributed by atoms with Gasteiger partial charge in [-0.15, -0.1) is 11.3 Å². The molecule has 1 aromatic heterocycles. The Labute approximate surface area is 176 Å². The molecule has 1 heterocycles. The predicted octanol–water partition coefficient (Wildman–Crippen LogP) is 4.35. The summed E-state index contributed by atoms with van der Waals surface area (Å²) in [6.07, 6.45) is 1.08. The van der Waals surface area contributed by atoms with E-state index in [4.69, 9.17) is 46.4 Å². The molecule has 0 unspecified atom stereocenters. The second kappa shape index (κ2) is 9.38. The molecular weight excluding hydrogens is 460 g/mol. The summed E-state index contributed by atoms with van der Waals surface area (Å²) in [5.41, 5.74) is -1.14. The van der Waals surface area contributed by atoms with Crippen LogP contribution in [0.4, 0.5) is 0 Å². The Kier molecular flexibility index (Phi) is 7.46. The number of carboxylic acids is 2. The maximum Gasteiger partial charge on any atom is 0.356 e. The van der Waals surface area contributed by atoms with Crippen molar-refractivity contribution in [3.63, 3.8) is 0 Å². The normalized spacial score (nSPS) is 12.1. The van der Waals surface area contributed by atoms with Gasteiger partial charge in [-0.25, -0.2) is 19.6 Å². The summed E-state index contributed by atoms with van der Waals surface area (Å²) < 4.78 is 0.169. The van der Waals surface area contributed by atoms with Crippen LogP contribution < -0.4 is 5.32 Å². The summed E-state index contributed by atoms with van der Waals surface area (Å²) in [6.45, 7) is -0.107. The molecule has 0 saturated heterocycles. The van der Waals surface area contributed by atoms with E-state index in [1.807, 2.05) is 0 Å². The molecule has 2 aromatic rings. The SMILES string of the molecule is O=C(O)/C(N=Cc1c(Cl)cccc1Cl)=C(\NCc1sc(Cl)nc1Cl)C(=O)O. The Balaban J connectivity index is 2.39. The zero-order chi connectivity index (χ0) is 20.1. The van der Waals surface area contributed by atoms with Gasteiger partial charge >= 0.3 is 11.9 Å². The van der Waals surface area contributed by atoms with Crippen molar-refractivity contribution in [3.05, 3.63) is 59.7 Å². The number of carbonyl (C=O) groups is 2. The molecule has 1 aromatic carbocycles. The van der Waals surface area contributed by atoms with Crippen LogP contribution >= 0.6 is 57.7 Å². The first-order valence-corrected chi connectivity index (χ1v) is 9.27. The van der Waals surface area contributed by atoms with Crippen molar-refractivity contribution >= 4 is 75.9 Å². The van der Waals surface area contributed by atoms with Gasteiger partial charge in [0, 0.05) is 11.8 Å². The first-order chi connectivity index (χ1) is 12.7. The second-order valence-electron chi connectivity index (χ2n) is 4.76. The molecule has 142 valence electrons. The van der Waals surface area contributed by atoms with Gasteiger partial charge in [0.15, 0.2) is 15.9 Å². The van der Waals surface area contributed by atoms with Gasteiger partial charge in [0.25, 0.3) is 0 Å². The quantitative estimate of drug-likeness (QED) is 0.411. The third-order valence-electron chi connectivity index (χ3n) is 3.02. The zero-order valence-corrected chi connectivity index (χ0v) is 16.9. The van der Waals surface area contributed by atoms with E-state index < -0.39 is 23.3 Å². The van der Waals surface area contributed by atoms with Crippen LogP contribution in [0.5, 0.6) is 0 Å². The van der Waals surface area contributed by atoms with Crippen LogP contribution in [0.1, 0.15) is 10.4 Å². The monoisotopic (exact) mass is 467 g/mol. The Morgan fingerprint density at radius 3 is 2.26 bits per heavy atom. The second-order valence-corrected chi connectivity index (χ2v) is 7.60. The molecule has 0 aliphatic heterocycles. The highest BCUT2D eigenvalue weighted by molar-refractivity contribution is 7.16. The van der Waals surface area contributed by atoms with E-state index in [2.05, 4.69) is 15.3 Å². The van der Waals surface area contributed by atoms with Gasteiger partial charge in [-0.1, -0.05) is 52.5 Å². The minimum absolute atomic E-state index is 0.0884. The van der Waals surface area contributed by atoms with Gasteiger partial charge in [-0.3, -0.25) is 0 Å². The van der Waals surface area contributed by atoms with Gasteiger partial charge in [0.1, 0.15) is 5.15 Å². The minimum atomic E-state index is -1.56. The average Bonchev–Trinajstić information content (AvgIpc) is 2.89. The van der Waals surface area contributed by atoms with E-state index in [9.17, 15) is 19.8 Å². The molecule has 0 aliphatic carbocycles. The summed E-state index contributed by atoms with van der Waals surface area (Å²) in [5, 5.41) is 21.8. The van der Waals surface area contributed by atoms with Crippen molar-refractivity contribution in [1.29, 1.82) is 0 Å². The number of benzene rings is 1. The van der Waals surface area contributed by atoms with E-state index in [-0.39, 0.29) is 31.8 Å². The number of nitrogens with one attached hydrogen (secondary N) is 1. The molecule has 27 heavy (non-hydrogen) atoms. The molecule has 0 fully saturated rings. The minimum Gasteiger partial charge on any atom is -0.477 e. The first kappa shape index (κ1) is 21.5. The molecule has 0 aliphatic rings. The third-order valence-corrected chi connectivity index (χ3v) is 5.27. The lowest BCUT2D eigenvalue weighted by molar-refractivity contribution is -0.136. The fraction of sp³-hybridized carbons (Fsp3) is 0.0667. The van der Waals surface area contributed by atoms with Crippen molar-refractivity contribution in [3.8, 4) is 0 Å². The molecule has 0 amide bonds. The van der Waals surface area contributed by atoms with E-state index in [0.29, 0.717) is 4.88 Å². The lowest BCUT2D eigenvalue weighted by Crippen LogP contribution is -2.24. The van der Waals surface area contributed by atoms with Crippen molar-refractivity contribution in [1.82, 2.24) is 10.3 Å². The molecule has 3 N–H and O–H groups in total. The van der Waals surface area contributed by atoms with Crippen molar-refractivity contribution in [2.45, 2.75) is 6.54 Å². The Bertz CT molecular complexity index is 938. The largest absolute Gasteiger partial charge is 0.477 e. The highest BCUT2D eigenvalue weighted by Gasteiger charge is 2.21. The van der Waals surface area contributed by atoms with Crippen molar-refractivity contribution < 1.29 is 19.8 Å². The fourth-order valence-corrected chi connectivity index (χ4v) is 3.67. The van der Waals surface area contributed by atoms with Crippen LogP contribution in [0, 0.1) is 0 Å². The van der Waals surface area contributed by atoms with Gasteiger partial charge in [0.05, 0.1) is 21.5 Å². The highest BCUT2D eigenvalue weighted by atomic mass is 35.5. The van der Waals surface area contributed by atoms with E-state index in [1.165, 1.54) is 12.1 Å². The summed E-state index contributed by atoms with van der Waals surface area (Å²) in [4.78, 5) is 31.0. The van der Waals surface area contributed by atoms with Crippen LogP contribution in [0.15, 0.2) is 34.6 Å². The lowest BCUT2D eigenvalue weighted by atomic mass is 10.2. The zero-order valence-electron chi connectivity index (χ0n) is 13.0. The van der Waals surface area contributed by atoms with Crippen LogP contribution in [-0.2, 0) is 16.1 Å². The molecule has 0 spiro atoms. The maximum atomic E-state index is 11.5. The molecular formula is C15H9Cl4N3O4S. The van der Waals surface area contributed by atoms with Crippen LogP contribution in [-0.4, -0.2) is 33.4 Å². The number of halogens is 4. The lowest BCUT2D eigenvalue weighted by Gasteiger charge is -2.08. The molecule has 7 nitrogen and oxygen atoms in total. The topological polar surface area (TPSA) is 112 Å². The van der Waals surface area contributed by atoms with E-state index in [0.717, 1.165) is 17.6 Å². The first-order valence-electron chi connectivity index (χ1n) is 6.94. The molecule has 0 bridgehead atoms. The van der Waals surface area contributed by atoms with Crippen molar-refractivity contribution in [2.75, 3.05) is 0 Å². The highest BCUT2D eigenvalue weighted by Crippen LogP contribution is 2.27. The molecule has 0 atom stereocenters. The number of carboxylic acid groups (broad SMARTS) is 2. The summed E-state index contributed by atoms with van der Waals surface area (Å²) in [7, 11) is 0. The van der Waals surface area contributed by atoms with Gasteiger partial charge < -0.3 is 15.5 Å². The molecule has 0 radical (unpaired) electrons. The number of aliphatic carboxylic acids is 2. The average molecular weight is 469 g/mol. The number of aliphatic imine (C=N–C) groups is 1. The number of rotatable bonds is 7. The summed E-state index contributed by atoms with van der Waals surface area (Å²) in [5.74, 6) is -3.09. The Morgan fingerprint density at radius 2 is 1.78 bits per heavy atom. The van der Waals surface area contributed by atoms with Gasteiger partial charge in [0.2, 0.25) is 0 Å². The van der Waals surface area contributed by atoms with Crippen LogP contribution in [0.2, 0.25) is 19.7 Å². The Hall–Kier alpha value is -1.84. The number of thiazole rings is 1. The molecule has 2 rings (SSSR count). The predicted molar refractivity (Wildman–Crippen MR) is 105 cm³/mol. The maximum absolute atomic E-state index is 11.5.